The highest BCUT2D eigenvalue weighted by Gasteiger charge is 2.38. The summed E-state index contributed by atoms with van der Waals surface area (Å²) in [6.07, 6.45) is 3.89. The summed E-state index contributed by atoms with van der Waals surface area (Å²) in [4.78, 5) is 0. The van der Waals surface area contributed by atoms with Gasteiger partial charge in [-0.15, -0.1) is 0 Å². The Kier molecular flexibility index (Phi) is 4.07. The van der Waals surface area contributed by atoms with Crippen molar-refractivity contribution in [1.82, 2.24) is 4.31 Å². The van der Waals surface area contributed by atoms with Crippen molar-refractivity contribution in [3.05, 3.63) is 0 Å². The minimum Gasteiger partial charge on any atom is -0.377 e. The molecule has 1 aliphatic carbocycles. The van der Waals surface area contributed by atoms with Gasteiger partial charge in [0, 0.05) is 26.2 Å². The van der Waals surface area contributed by atoms with Crippen LogP contribution in [-0.2, 0) is 14.8 Å². The molecule has 0 aromatic heterocycles. The average molecular weight is 262 g/mol. The van der Waals surface area contributed by atoms with Gasteiger partial charge in [0.25, 0.3) is 0 Å². The Morgan fingerprint density at radius 2 is 2.12 bits per heavy atom. The molecule has 2 fully saturated rings. The number of nitrogens with zero attached hydrogens (tertiary/aromatic N) is 1. The molecule has 100 valence electrons. The summed E-state index contributed by atoms with van der Waals surface area (Å²) >= 11 is 0. The van der Waals surface area contributed by atoms with Gasteiger partial charge in [-0.1, -0.05) is 0 Å². The van der Waals surface area contributed by atoms with E-state index in [2.05, 4.69) is 0 Å². The lowest BCUT2D eigenvalue weighted by Gasteiger charge is -2.27. The molecule has 2 aliphatic rings. The van der Waals surface area contributed by atoms with Crippen LogP contribution in [0, 0.1) is 5.92 Å². The zero-order chi connectivity index (χ0) is 12.5. The lowest BCUT2D eigenvalue weighted by molar-refractivity contribution is 0.126. The molecule has 5 nitrogen and oxygen atoms in total. The van der Waals surface area contributed by atoms with E-state index in [1.165, 1.54) is 4.31 Å². The standard InChI is InChI=1S/C11H22N2O3S/c1-13(11(7-12)9-4-5-9)17(14,15)8-10-3-2-6-16-10/h9-11H,2-8,12H2,1H3. The highest BCUT2D eigenvalue weighted by Crippen LogP contribution is 2.35. The zero-order valence-corrected chi connectivity index (χ0v) is 11.2. The maximum atomic E-state index is 12.2. The van der Waals surface area contributed by atoms with Crippen molar-refractivity contribution in [2.24, 2.45) is 11.7 Å². The largest absolute Gasteiger partial charge is 0.377 e. The van der Waals surface area contributed by atoms with E-state index in [9.17, 15) is 8.42 Å². The fourth-order valence-electron chi connectivity index (χ4n) is 2.45. The monoisotopic (exact) mass is 262 g/mol. The Balaban J connectivity index is 1.97. The molecular formula is C11H22N2O3S. The van der Waals surface area contributed by atoms with Crippen molar-refractivity contribution in [2.75, 3.05) is 26.0 Å². The number of ether oxygens (including phenoxy) is 1. The molecule has 1 saturated heterocycles. The number of hydrogen-bond donors (Lipinski definition) is 1. The molecule has 2 N–H and O–H groups in total. The van der Waals surface area contributed by atoms with Gasteiger partial charge in [-0.05, 0) is 31.6 Å². The normalized spacial score (nSPS) is 27.6. The van der Waals surface area contributed by atoms with Gasteiger partial charge in [0.2, 0.25) is 10.0 Å². The van der Waals surface area contributed by atoms with Gasteiger partial charge >= 0.3 is 0 Å². The SMILES string of the molecule is CN(C(CN)C1CC1)S(=O)(=O)CC1CCCO1. The van der Waals surface area contributed by atoms with Crippen molar-refractivity contribution in [3.8, 4) is 0 Å². The van der Waals surface area contributed by atoms with Crippen LogP contribution < -0.4 is 5.73 Å². The third-order valence-electron chi connectivity index (χ3n) is 3.73. The second kappa shape index (κ2) is 5.22. The highest BCUT2D eigenvalue weighted by atomic mass is 32.2. The molecule has 1 saturated carbocycles. The van der Waals surface area contributed by atoms with Crippen molar-refractivity contribution < 1.29 is 13.2 Å². The molecule has 0 bridgehead atoms. The number of sulfonamides is 1. The summed E-state index contributed by atoms with van der Waals surface area (Å²) in [5.74, 6) is 0.566. The summed E-state index contributed by atoms with van der Waals surface area (Å²) in [5.41, 5.74) is 5.68. The molecule has 1 heterocycles. The van der Waals surface area contributed by atoms with Crippen LogP contribution in [0.2, 0.25) is 0 Å². The van der Waals surface area contributed by atoms with Crippen LogP contribution in [0.5, 0.6) is 0 Å². The second-order valence-corrected chi connectivity index (χ2v) is 7.14. The van der Waals surface area contributed by atoms with E-state index in [4.69, 9.17) is 10.5 Å². The van der Waals surface area contributed by atoms with Crippen molar-refractivity contribution in [3.63, 3.8) is 0 Å². The lowest BCUT2D eigenvalue weighted by atomic mass is 10.2. The van der Waals surface area contributed by atoms with Gasteiger partial charge in [-0.2, -0.15) is 0 Å². The minimum atomic E-state index is -3.23. The van der Waals surface area contributed by atoms with Gasteiger partial charge in [0.15, 0.2) is 0 Å². The molecule has 0 aromatic carbocycles. The molecule has 0 spiro atoms. The summed E-state index contributed by atoms with van der Waals surface area (Å²) in [6.45, 7) is 1.10. The first-order valence-electron chi connectivity index (χ1n) is 6.32. The molecule has 6 heteroatoms. The van der Waals surface area contributed by atoms with E-state index in [0.717, 1.165) is 25.7 Å². The van der Waals surface area contributed by atoms with E-state index >= 15 is 0 Å². The van der Waals surface area contributed by atoms with Gasteiger partial charge in [0.05, 0.1) is 11.9 Å². The first kappa shape index (κ1) is 13.3. The smallest absolute Gasteiger partial charge is 0.216 e. The van der Waals surface area contributed by atoms with Gasteiger partial charge < -0.3 is 10.5 Å². The van der Waals surface area contributed by atoms with Crippen LogP contribution in [0.1, 0.15) is 25.7 Å². The Hall–Kier alpha value is -0.170. The Morgan fingerprint density at radius 1 is 1.41 bits per heavy atom. The first-order valence-corrected chi connectivity index (χ1v) is 7.93. The molecule has 2 rings (SSSR count). The van der Waals surface area contributed by atoms with Crippen LogP contribution in [0.4, 0.5) is 0 Å². The molecule has 0 radical (unpaired) electrons. The Morgan fingerprint density at radius 3 is 2.59 bits per heavy atom. The number of hydrogen-bond acceptors (Lipinski definition) is 4. The molecule has 1 aliphatic heterocycles. The lowest BCUT2D eigenvalue weighted by Crippen LogP contribution is -2.45. The van der Waals surface area contributed by atoms with E-state index in [1.807, 2.05) is 0 Å². The van der Waals surface area contributed by atoms with Crippen LogP contribution in [-0.4, -0.2) is 50.8 Å². The van der Waals surface area contributed by atoms with Gasteiger partial charge in [-0.3, -0.25) is 0 Å². The van der Waals surface area contributed by atoms with E-state index in [1.54, 1.807) is 7.05 Å². The minimum absolute atomic E-state index is 0.0265. The molecule has 2 unspecified atom stereocenters. The van der Waals surface area contributed by atoms with Crippen LogP contribution >= 0.6 is 0 Å². The molecule has 0 aromatic rings. The van der Waals surface area contributed by atoms with Gasteiger partial charge in [0.1, 0.15) is 0 Å². The van der Waals surface area contributed by atoms with Crippen molar-refractivity contribution in [1.29, 1.82) is 0 Å². The highest BCUT2D eigenvalue weighted by molar-refractivity contribution is 7.89. The molecule has 2 atom stereocenters. The molecule has 17 heavy (non-hydrogen) atoms. The van der Waals surface area contributed by atoms with Gasteiger partial charge in [-0.25, -0.2) is 12.7 Å². The third kappa shape index (κ3) is 3.19. The van der Waals surface area contributed by atoms with Crippen molar-refractivity contribution >= 4 is 10.0 Å². The summed E-state index contributed by atoms with van der Waals surface area (Å²) in [6, 6.07) is -0.0265. The van der Waals surface area contributed by atoms with Crippen molar-refractivity contribution in [2.45, 2.75) is 37.8 Å². The average Bonchev–Trinajstić information content (AvgIpc) is 2.98. The van der Waals surface area contributed by atoms with E-state index in [0.29, 0.717) is 19.1 Å². The summed E-state index contributed by atoms with van der Waals surface area (Å²) in [7, 11) is -1.58. The first-order chi connectivity index (χ1) is 8.04. The maximum absolute atomic E-state index is 12.2. The Labute approximate surface area is 103 Å². The fraction of sp³-hybridized carbons (Fsp3) is 1.00. The summed E-state index contributed by atoms with van der Waals surface area (Å²) < 4.78 is 31.3. The predicted molar refractivity (Wildman–Crippen MR) is 66.1 cm³/mol. The molecular weight excluding hydrogens is 240 g/mol. The Bertz CT molecular complexity index is 348. The quantitative estimate of drug-likeness (QED) is 0.740. The van der Waals surface area contributed by atoms with Crippen LogP contribution in [0.25, 0.3) is 0 Å². The fourth-order valence-corrected chi connectivity index (χ4v) is 4.09. The summed E-state index contributed by atoms with van der Waals surface area (Å²) in [5, 5.41) is 0. The second-order valence-electron chi connectivity index (χ2n) is 5.07. The predicted octanol–water partition coefficient (Wildman–Crippen LogP) is 0.164. The molecule has 0 amide bonds. The maximum Gasteiger partial charge on any atom is 0.216 e. The van der Waals surface area contributed by atoms with Crippen LogP contribution in [0.15, 0.2) is 0 Å². The van der Waals surface area contributed by atoms with Crippen LogP contribution in [0.3, 0.4) is 0 Å². The van der Waals surface area contributed by atoms with E-state index in [-0.39, 0.29) is 17.9 Å². The number of likely N-dealkylation sites (N-methyl/N-ethyl adjacent to an activating group) is 1. The number of nitrogens with two attached hydrogens (primary N) is 1. The topological polar surface area (TPSA) is 72.6 Å². The van der Waals surface area contributed by atoms with E-state index < -0.39 is 10.0 Å². The zero-order valence-electron chi connectivity index (χ0n) is 10.3. The number of rotatable bonds is 6. The third-order valence-corrected chi connectivity index (χ3v) is 5.68.